The van der Waals surface area contributed by atoms with E-state index < -0.39 is 0 Å². The molecule has 0 aromatic heterocycles. The molecule has 0 atom stereocenters. The average molecular weight is 376 g/mol. The minimum absolute atomic E-state index is 0.177. The van der Waals surface area contributed by atoms with Crippen LogP contribution >= 0.6 is 0 Å². The topological polar surface area (TPSA) is 35.6 Å². The van der Waals surface area contributed by atoms with Crippen LogP contribution in [0.4, 0.5) is 10.1 Å². The molecule has 2 aliphatic rings. The van der Waals surface area contributed by atoms with Gasteiger partial charge in [-0.25, -0.2) is 4.39 Å². The Morgan fingerprint density at radius 1 is 1.04 bits per heavy atom. The average Bonchev–Trinajstić information content (AvgIpc) is 2.71. The number of benzene rings is 1. The molecule has 2 fully saturated rings. The summed E-state index contributed by atoms with van der Waals surface area (Å²) in [6.45, 7) is 8.29. The number of piperazine rings is 1. The van der Waals surface area contributed by atoms with E-state index >= 15 is 0 Å². The highest BCUT2D eigenvalue weighted by molar-refractivity contribution is 5.79. The van der Waals surface area contributed by atoms with Crippen LogP contribution in [-0.2, 0) is 4.79 Å². The second-order valence-electron chi connectivity index (χ2n) is 8.03. The van der Waals surface area contributed by atoms with Crippen molar-refractivity contribution in [3.63, 3.8) is 0 Å². The Balaban J connectivity index is 1.43. The molecule has 0 spiro atoms. The predicted octanol–water partition coefficient (Wildman–Crippen LogP) is 4.13. The van der Waals surface area contributed by atoms with Gasteiger partial charge in [-0.05, 0) is 62.8 Å². The number of carbonyl (C=O) groups excluding carboxylic acids is 1. The molecule has 1 heterocycles. The number of nitrogens with one attached hydrogen (secondary N) is 1. The highest BCUT2D eigenvalue weighted by Crippen LogP contribution is 2.28. The third-order valence-electron chi connectivity index (χ3n) is 6.38. The van der Waals surface area contributed by atoms with Crippen molar-refractivity contribution in [1.82, 2.24) is 9.80 Å². The van der Waals surface area contributed by atoms with Crippen molar-refractivity contribution in [1.29, 1.82) is 0 Å². The SMILES string of the molecule is CCC(CC)N1CCN(C(=O)C2CCC(Nc3ccc(F)cc3)CC2)CC1. The summed E-state index contributed by atoms with van der Waals surface area (Å²) in [7, 11) is 0. The lowest BCUT2D eigenvalue weighted by Crippen LogP contribution is -2.53. The molecule has 4 nitrogen and oxygen atoms in total. The van der Waals surface area contributed by atoms with Crippen molar-refractivity contribution in [3.05, 3.63) is 30.1 Å². The van der Waals surface area contributed by atoms with Crippen LogP contribution < -0.4 is 5.32 Å². The van der Waals surface area contributed by atoms with E-state index in [9.17, 15) is 9.18 Å². The van der Waals surface area contributed by atoms with Gasteiger partial charge >= 0.3 is 0 Å². The second-order valence-corrected chi connectivity index (χ2v) is 8.03. The van der Waals surface area contributed by atoms with E-state index in [1.165, 1.54) is 25.0 Å². The molecule has 0 bridgehead atoms. The smallest absolute Gasteiger partial charge is 0.225 e. The Labute approximate surface area is 163 Å². The maximum atomic E-state index is 13.0. The Hall–Kier alpha value is -1.62. The number of anilines is 1. The summed E-state index contributed by atoms with van der Waals surface area (Å²) in [6, 6.07) is 7.58. The van der Waals surface area contributed by atoms with Crippen molar-refractivity contribution in [2.75, 3.05) is 31.5 Å². The molecule has 0 unspecified atom stereocenters. The summed E-state index contributed by atoms with van der Waals surface area (Å²) in [5.41, 5.74) is 0.962. The van der Waals surface area contributed by atoms with Crippen molar-refractivity contribution in [2.24, 2.45) is 5.92 Å². The van der Waals surface area contributed by atoms with Crippen LogP contribution in [0.3, 0.4) is 0 Å². The zero-order valence-corrected chi connectivity index (χ0v) is 16.8. The van der Waals surface area contributed by atoms with E-state index in [1.54, 1.807) is 12.1 Å². The van der Waals surface area contributed by atoms with Gasteiger partial charge in [-0.1, -0.05) is 13.8 Å². The summed E-state index contributed by atoms with van der Waals surface area (Å²) in [6.07, 6.45) is 6.28. The van der Waals surface area contributed by atoms with E-state index in [1.807, 2.05) is 0 Å². The van der Waals surface area contributed by atoms with Crippen molar-refractivity contribution < 1.29 is 9.18 Å². The lowest BCUT2D eigenvalue weighted by Gasteiger charge is -2.40. The third-order valence-corrected chi connectivity index (χ3v) is 6.38. The van der Waals surface area contributed by atoms with Gasteiger partial charge in [0.2, 0.25) is 5.91 Å². The van der Waals surface area contributed by atoms with Crippen LogP contribution in [0.1, 0.15) is 52.4 Å². The molecule has 5 heteroatoms. The van der Waals surface area contributed by atoms with E-state index in [4.69, 9.17) is 0 Å². The van der Waals surface area contributed by atoms with Gasteiger partial charge in [-0.15, -0.1) is 0 Å². The molecule has 3 rings (SSSR count). The minimum atomic E-state index is -0.209. The molecule has 150 valence electrons. The van der Waals surface area contributed by atoms with E-state index in [0.717, 1.165) is 57.5 Å². The molecule has 0 radical (unpaired) electrons. The van der Waals surface area contributed by atoms with E-state index in [2.05, 4.69) is 29.0 Å². The Bertz CT molecular complexity index is 586. The lowest BCUT2D eigenvalue weighted by molar-refractivity contribution is -0.138. The number of amides is 1. The molecule has 1 saturated heterocycles. The van der Waals surface area contributed by atoms with Gasteiger partial charge in [-0.3, -0.25) is 9.69 Å². The van der Waals surface area contributed by atoms with Gasteiger partial charge in [-0.2, -0.15) is 0 Å². The fourth-order valence-electron chi connectivity index (χ4n) is 4.64. The summed E-state index contributed by atoms with van der Waals surface area (Å²) < 4.78 is 13.0. The molecular weight excluding hydrogens is 341 g/mol. The van der Waals surface area contributed by atoms with Crippen LogP contribution in [0, 0.1) is 11.7 Å². The lowest BCUT2D eigenvalue weighted by atomic mass is 9.85. The Morgan fingerprint density at radius 2 is 1.63 bits per heavy atom. The number of hydrogen-bond donors (Lipinski definition) is 1. The molecule has 1 amide bonds. The first kappa shape index (κ1) is 20.1. The number of halogens is 1. The summed E-state index contributed by atoms with van der Waals surface area (Å²) in [5.74, 6) is 0.328. The number of rotatable bonds is 6. The summed E-state index contributed by atoms with van der Waals surface area (Å²) in [4.78, 5) is 17.6. The van der Waals surface area contributed by atoms with Crippen LogP contribution in [0.2, 0.25) is 0 Å². The molecule has 1 aromatic carbocycles. The fraction of sp³-hybridized carbons (Fsp3) is 0.682. The molecule has 1 saturated carbocycles. The zero-order chi connectivity index (χ0) is 19.2. The van der Waals surface area contributed by atoms with E-state index in [0.29, 0.717) is 18.0 Å². The highest BCUT2D eigenvalue weighted by atomic mass is 19.1. The van der Waals surface area contributed by atoms with Crippen LogP contribution in [0.5, 0.6) is 0 Å². The molecule has 27 heavy (non-hydrogen) atoms. The number of carbonyl (C=O) groups is 1. The Kier molecular flexibility index (Phi) is 7.11. The predicted molar refractivity (Wildman–Crippen MR) is 108 cm³/mol. The quantitative estimate of drug-likeness (QED) is 0.812. The van der Waals surface area contributed by atoms with Crippen LogP contribution in [-0.4, -0.2) is 54.0 Å². The first-order valence-corrected chi connectivity index (χ1v) is 10.7. The first-order valence-electron chi connectivity index (χ1n) is 10.7. The summed E-state index contributed by atoms with van der Waals surface area (Å²) in [5, 5.41) is 3.48. The Morgan fingerprint density at radius 3 is 2.19 bits per heavy atom. The van der Waals surface area contributed by atoms with Gasteiger partial charge in [0.15, 0.2) is 0 Å². The normalized spacial score (nSPS) is 24.2. The van der Waals surface area contributed by atoms with Crippen molar-refractivity contribution >= 4 is 11.6 Å². The fourth-order valence-corrected chi connectivity index (χ4v) is 4.64. The van der Waals surface area contributed by atoms with Gasteiger partial charge in [0.1, 0.15) is 5.82 Å². The molecule has 1 aliphatic carbocycles. The maximum absolute atomic E-state index is 13.0. The largest absolute Gasteiger partial charge is 0.382 e. The first-order chi connectivity index (χ1) is 13.1. The van der Waals surface area contributed by atoms with Crippen LogP contribution in [0.15, 0.2) is 24.3 Å². The van der Waals surface area contributed by atoms with Gasteiger partial charge < -0.3 is 10.2 Å². The minimum Gasteiger partial charge on any atom is -0.382 e. The molecular formula is C22H34FN3O. The van der Waals surface area contributed by atoms with Crippen molar-refractivity contribution in [3.8, 4) is 0 Å². The highest BCUT2D eigenvalue weighted by Gasteiger charge is 2.31. The number of nitrogens with zero attached hydrogens (tertiary/aromatic N) is 2. The molecule has 1 aromatic rings. The molecule has 1 N–H and O–H groups in total. The van der Waals surface area contributed by atoms with Gasteiger partial charge in [0, 0.05) is 49.9 Å². The monoisotopic (exact) mass is 375 g/mol. The van der Waals surface area contributed by atoms with E-state index in [-0.39, 0.29) is 11.7 Å². The van der Waals surface area contributed by atoms with Gasteiger partial charge in [0.25, 0.3) is 0 Å². The maximum Gasteiger partial charge on any atom is 0.225 e. The van der Waals surface area contributed by atoms with Gasteiger partial charge in [0.05, 0.1) is 0 Å². The zero-order valence-electron chi connectivity index (χ0n) is 16.8. The number of hydrogen-bond acceptors (Lipinski definition) is 3. The standard InChI is InChI=1S/C22H34FN3O/c1-3-21(4-2)25-13-15-26(16-14-25)22(27)17-5-9-19(10-6-17)24-20-11-7-18(23)8-12-20/h7-8,11-12,17,19,21,24H,3-6,9-10,13-16H2,1-2H3. The van der Waals surface area contributed by atoms with Crippen LogP contribution in [0.25, 0.3) is 0 Å². The second kappa shape index (κ2) is 9.54. The molecule has 1 aliphatic heterocycles. The van der Waals surface area contributed by atoms with Crippen molar-refractivity contribution in [2.45, 2.75) is 64.5 Å². The third kappa shape index (κ3) is 5.22. The summed E-state index contributed by atoms with van der Waals surface area (Å²) >= 11 is 0.